The summed E-state index contributed by atoms with van der Waals surface area (Å²) in [5, 5.41) is 3.09. The second-order valence-electron chi connectivity index (χ2n) is 14.6. The number of carbonyl (C=O) groups excluding carboxylic acids is 1. The molecule has 0 heterocycles. The van der Waals surface area contributed by atoms with Gasteiger partial charge in [0.2, 0.25) is 0 Å². The third-order valence-electron chi connectivity index (χ3n) is 9.46. The van der Waals surface area contributed by atoms with E-state index in [0.717, 1.165) is 25.9 Å². The summed E-state index contributed by atoms with van der Waals surface area (Å²) in [6.07, 6.45) is 51.7. The summed E-state index contributed by atoms with van der Waals surface area (Å²) in [6.45, 7) is 6.74. The Morgan fingerprint density at radius 3 is 1.38 bits per heavy atom. The summed E-state index contributed by atoms with van der Waals surface area (Å²) in [5.41, 5.74) is 0. The van der Waals surface area contributed by atoms with Gasteiger partial charge in [0.15, 0.2) is 0 Å². The van der Waals surface area contributed by atoms with Crippen LogP contribution in [0.25, 0.3) is 0 Å². The molecular weight excluding hydrogens is 588 g/mol. The fourth-order valence-corrected chi connectivity index (χ4v) is 6.27. The average Bonchev–Trinajstić information content (AvgIpc) is 3.08. The van der Waals surface area contributed by atoms with Gasteiger partial charge in [0.1, 0.15) is 0 Å². The van der Waals surface area contributed by atoms with E-state index in [1.165, 1.54) is 173 Å². The Balaban J connectivity index is 4.04. The number of nitrogens with one attached hydrogen (secondary N) is 1. The number of hydrogen-bond acceptors (Lipinski definition) is 3. The minimum atomic E-state index is -0.237. The van der Waals surface area contributed by atoms with E-state index in [-0.39, 0.29) is 6.09 Å². The van der Waals surface area contributed by atoms with Crippen LogP contribution >= 0.6 is 0 Å². The quantitative estimate of drug-likeness (QED) is 0.0527. The highest BCUT2D eigenvalue weighted by Crippen LogP contribution is 2.20. The van der Waals surface area contributed by atoms with Crippen molar-refractivity contribution in [3.63, 3.8) is 0 Å². The molecule has 48 heavy (non-hydrogen) atoms. The molecule has 0 aromatic heterocycles. The molecule has 0 saturated heterocycles. The van der Waals surface area contributed by atoms with Gasteiger partial charge in [-0.15, -0.1) is 0 Å². The van der Waals surface area contributed by atoms with Crippen molar-refractivity contribution in [3.05, 3.63) is 36.5 Å². The Morgan fingerprint density at radius 2 is 0.938 bits per heavy atom. The van der Waals surface area contributed by atoms with Crippen LogP contribution in [0.15, 0.2) is 36.5 Å². The van der Waals surface area contributed by atoms with E-state index in [2.05, 4.69) is 74.6 Å². The van der Waals surface area contributed by atoms with Crippen molar-refractivity contribution < 1.29 is 9.53 Å². The molecule has 0 fully saturated rings. The van der Waals surface area contributed by atoms with E-state index in [0.29, 0.717) is 12.5 Å². The number of rotatable bonds is 37. The number of ether oxygens (including phenoxy) is 1. The van der Waals surface area contributed by atoms with Crippen LogP contribution in [-0.4, -0.2) is 44.8 Å². The molecule has 0 aliphatic heterocycles. The van der Waals surface area contributed by atoms with Crippen LogP contribution in [0, 0.1) is 5.92 Å². The van der Waals surface area contributed by atoms with Gasteiger partial charge in [0.05, 0.1) is 6.61 Å². The SMILES string of the molecule is CCCCC/C=C\C/C=C\CCCCCCCCC(CCCCCCCCCCC/C=C\CCCCC)CNC(=O)OCCCN(C)C. The van der Waals surface area contributed by atoms with Gasteiger partial charge < -0.3 is 15.0 Å². The average molecular weight is 673 g/mol. The maximum atomic E-state index is 12.3. The van der Waals surface area contributed by atoms with Crippen molar-refractivity contribution in [3.8, 4) is 0 Å². The first-order valence-corrected chi connectivity index (χ1v) is 21.1. The molecule has 0 aromatic rings. The van der Waals surface area contributed by atoms with Crippen LogP contribution in [0.2, 0.25) is 0 Å². The zero-order chi connectivity index (χ0) is 35.0. The van der Waals surface area contributed by atoms with Crippen molar-refractivity contribution in [2.45, 2.75) is 200 Å². The highest BCUT2D eigenvalue weighted by molar-refractivity contribution is 5.67. The zero-order valence-corrected chi connectivity index (χ0v) is 32.9. The molecule has 282 valence electrons. The normalized spacial score (nSPS) is 12.7. The van der Waals surface area contributed by atoms with Gasteiger partial charge in [-0.3, -0.25) is 0 Å². The van der Waals surface area contributed by atoms with Gasteiger partial charge in [0, 0.05) is 13.1 Å². The molecule has 0 aliphatic rings. The van der Waals surface area contributed by atoms with E-state index < -0.39 is 0 Å². The van der Waals surface area contributed by atoms with Crippen LogP contribution < -0.4 is 5.32 Å². The topological polar surface area (TPSA) is 41.6 Å². The summed E-state index contributed by atoms with van der Waals surface area (Å²) in [7, 11) is 4.10. The Kier molecular flexibility index (Phi) is 38.6. The zero-order valence-electron chi connectivity index (χ0n) is 32.9. The highest BCUT2D eigenvalue weighted by Gasteiger charge is 2.11. The van der Waals surface area contributed by atoms with Crippen LogP contribution in [0.4, 0.5) is 4.79 Å². The number of unbranched alkanes of at least 4 members (excludes halogenated alkanes) is 21. The Labute approximate surface area is 301 Å². The van der Waals surface area contributed by atoms with Gasteiger partial charge in [0.25, 0.3) is 0 Å². The van der Waals surface area contributed by atoms with Crippen molar-refractivity contribution in [2.75, 3.05) is 33.8 Å². The number of amides is 1. The van der Waals surface area contributed by atoms with E-state index in [9.17, 15) is 4.79 Å². The first-order valence-electron chi connectivity index (χ1n) is 21.1. The summed E-state index contributed by atoms with van der Waals surface area (Å²) in [5.74, 6) is 0.575. The fourth-order valence-electron chi connectivity index (χ4n) is 6.27. The Bertz CT molecular complexity index is 729. The second kappa shape index (κ2) is 39.9. The van der Waals surface area contributed by atoms with E-state index in [1.807, 2.05) is 0 Å². The smallest absolute Gasteiger partial charge is 0.407 e. The second-order valence-corrected chi connectivity index (χ2v) is 14.6. The Hall–Kier alpha value is -1.55. The lowest BCUT2D eigenvalue weighted by Gasteiger charge is -2.18. The monoisotopic (exact) mass is 673 g/mol. The summed E-state index contributed by atoms with van der Waals surface area (Å²) in [6, 6.07) is 0. The standard InChI is InChI=1S/C44H84N2O2/c1-5-7-9-11-13-15-17-19-21-23-25-27-29-31-33-35-38-43(42-45-44(47)48-41-37-40-46(3)4)39-36-34-32-30-28-26-24-22-20-18-16-14-12-10-8-6-2/h13-16,19,21,43H,5-12,17-18,20,22-42H2,1-4H3,(H,45,47)/b15-13-,16-14-,21-19-. The van der Waals surface area contributed by atoms with Crippen LogP contribution in [0.5, 0.6) is 0 Å². The first-order chi connectivity index (χ1) is 23.6. The van der Waals surface area contributed by atoms with Gasteiger partial charge in [-0.2, -0.15) is 0 Å². The molecule has 0 rings (SSSR count). The van der Waals surface area contributed by atoms with Gasteiger partial charge >= 0.3 is 6.09 Å². The molecule has 1 N–H and O–H groups in total. The van der Waals surface area contributed by atoms with Crippen molar-refractivity contribution in [1.29, 1.82) is 0 Å². The van der Waals surface area contributed by atoms with E-state index in [4.69, 9.17) is 4.74 Å². The number of alkyl carbamates (subject to hydrolysis) is 1. The predicted molar refractivity (Wildman–Crippen MR) is 214 cm³/mol. The first kappa shape index (κ1) is 46.5. The number of carbonyl (C=O) groups is 1. The summed E-state index contributed by atoms with van der Waals surface area (Å²) in [4.78, 5) is 14.4. The van der Waals surface area contributed by atoms with Crippen LogP contribution in [0.1, 0.15) is 200 Å². The lowest BCUT2D eigenvalue weighted by molar-refractivity contribution is 0.139. The molecule has 4 nitrogen and oxygen atoms in total. The van der Waals surface area contributed by atoms with Crippen molar-refractivity contribution in [1.82, 2.24) is 10.2 Å². The molecule has 0 spiro atoms. The van der Waals surface area contributed by atoms with E-state index in [1.54, 1.807) is 0 Å². The molecule has 4 heteroatoms. The summed E-state index contributed by atoms with van der Waals surface area (Å²) < 4.78 is 5.42. The molecule has 0 radical (unpaired) electrons. The van der Waals surface area contributed by atoms with Crippen molar-refractivity contribution in [2.24, 2.45) is 5.92 Å². The molecular formula is C44H84N2O2. The minimum Gasteiger partial charge on any atom is -0.450 e. The Morgan fingerprint density at radius 1 is 0.542 bits per heavy atom. The largest absolute Gasteiger partial charge is 0.450 e. The number of allylic oxidation sites excluding steroid dienone is 6. The molecule has 1 amide bonds. The van der Waals surface area contributed by atoms with Gasteiger partial charge in [-0.1, -0.05) is 159 Å². The van der Waals surface area contributed by atoms with E-state index >= 15 is 0 Å². The fraction of sp³-hybridized carbons (Fsp3) is 0.841. The molecule has 1 atom stereocenters. The molecule has 0 saturated carbocycles. The minimum absolute atomic E-state index is 0.237. The van der Waals surface area contributed by atoms with Crippen LogP contribution in [0.3, 0.4) is 0 Å². The van der Waals surface area contributed by atoms with Crippen LogP contribution in [-0.2, 0) is 4.74 Å². The lowest BCUT2D eigenvalue weighted by atomic mass is 9.94. The molecule has 0 aliphatic carbocycles. The van der Waals surface area contributed by atoms with Crippen molar-refractivity contribution >= 4 is 6.09 Å². The number of hydrogen-bond donors (Lipinski definition) is 1. The third-order valence-corrected chi connectivity index (χ3v) is 9.46. The number of nitrogens with zero attached hydrogens (tertiary/aromatic N) is 1. The third kappa shape index (κ3) is 38.9. The maximum Gasteiger partial charge on any atom is 0.407 e. The predicted octanol–water partition coefficient (Wildman–Crippen LogP) is 13.9. The van der Waals surface area contributed by atoms with Gasteiger partial charge in [-0.05, 0) is 97.1 Å². The van der Waals surface area contributed by atoms with Gasteiger partial charge in [-0.25, -0.2) is 4.79 Å². The molecule has 0 bridgehead atoms. The summed E-state index contributed by atoms with van der Waals surface area (Å²) >= 11 is 0. The molecule has 0 aromatic carbocycles. The molecule has 1 unspecified atom stereocenters. The maximum absolute atomic E-state index is 12.3. The lowest BCUT2D eigenvalue weighted by Crippen LogP contribution is -2.30. The highest BCUT2D eigenvalue weighted by atomic mass is 16.5.